The molecule has 3 rings (SSSR count). The third-order valence-electron chi connectivity index (χ3n) is 3.68. The largest absolute Gasteiger partial charge is 0.496 e. The molecule has 0 fully saturated rings. The number of nitrogens with zero attached hydrogens (tertiary/aromatic N) is 2. The molecule has 1 N–H and O–H groups in total. The normalized spacial score (nSPS) is 10.7. The molecule has 22 heavy (non-hydrogen) atoms. The minimum atomic E-state index is 0.606. The zero-order chi connectivity index (χ0) is 15.7. The number of aryl methyl sites for hydroxylation is 1. The first-order valence-electron chi connectivity index (χ1n) is 6.92. The van der Waals surface area contributed by atoms with Crippen LogP contribution in [0.2, 0.25) is 5.02 Å². The van der Waals surface area contributed by atoms with Crippen molar-refractivity contribution in [2.75, 3.05) is 12.4 Å². The lowest BCUT2D eigenvalue weighted by Gasteiger charge is -2.17. The molecule has 0 saturated carbocycles. The lowest BCUT2D eigenvalue weighted by atomic mass is 10.1. The number of hydrogen-bond donors (Lipinski definition) is 1. The van der Waals surface area contributed by atoms with Crippen LogP contribution < -0.4 is 10.1 Å². The van der Waals surface area contributed by atoms with Crippen LogP contribution in [0.5, 0.6) is 5.75 Å². The Hall–Kier alpha value is -2.33. The van der Waals surface area contributed by atoms with E-state index in [1.54, 1.807) is 19.5 Å². The van der Waals surface area contributed by atoms with Crippen molar-refractivity contribution < 1.29 is 4.74 Å². The third-order valence-corrected chi connectivity index (χ3v) is 4.00. The standard InChI is InChI=1S/C17H16ClN3O/c1-10-4-7-14(22-3)11(2)15(10)21-16-12(18)5-6-13-17(16)20-9-8-19-13/h4-9,21H,1-3H3. The van der Waals surface area contributed by atoms with Gasteiger partial charge in [-0.05, 0) is 37.6 Å². The smallest absolute Gasteiger partial charge is 0.123 e. The zero-order valence-electron chi connectivity index (χ0n) is 12.6. The van der Waals surface area contributed by atoms with Crippen molar-refractivity contribution in [3.63, 3.8) is 0 Å². The Morgan fingerprint density at radius 1 is 1.00 bits per heavy atom. The average molecular weight is 314 g/mol. The highest BCUT2D eigenvalue weighted by Crippen LogP contribution is 2.36. The number of benzene rings is 2. The SMILES string of the molecule is COc1ccc(C)c(Nc2c(Cl)ccc3nccnc23)c1C. The first-order valence-corrected chi connectivity index (χ1v) is 7.30. The van der Waals surface area contributed by atoms with Gasteiger partial charge in [-0.25, -0.2) is 0 Å². The van der Waals surface area contributed by atoms with E-state index in [1.807, 2.05) is 38.1 Å². The molecule has 112 valence electrons. The summed E-state index contributed by atoms with van der Waals surface area (Å²) in [6.07, 6.45) is 3.33. The number of rotatable bonds is 3. The van der Waals surface area contributed by atoms with Gasteiger partial charge >= 0.3 is 0 Å². The number of fused-ring (bicyclic) bond motifs is 1. The molecule has 5 heteroatoms. The average Bonchev–Trinajstić information content (AvgIpc) is 2.53. The molecule has 3 aromatic rings. The molecule has 1 heterocycles. The van der Waals surface area contributed by atoms with Crippen LogP contribution in [0.25, 0.3) is 11.0 Å². The maximum atomic E-state index is 6.37. The van der Waals surface area contributed by atoms with Gasteiger partial charge in [0.1, 0.15) is 11.3 Å². The van der Waals surface area contributed by atoms with Crippen LogP contribution in [0.4, 0.5) is 11.4 Å². The summed E-state index contributed by atoms with van der Waals surface area (Å²) in [5.41, 5.74) is 5.41. The summed E-state index contributed by atoms with van der Waals surface area (Å²) in [6.45, 7) is 4.05. The Bertz CT molecular complexity index is 849. The van der Waals surface area contributed by atoms with Crippen molar-refractivity contribution in [1.29, 1.82) is 0 Å². The molecule has 0 aliphatic carbocycles. The van der Waals surface area contributed by atoms with Gasteiger partial charge in [0.15, 0.2) is 0 Å². The summed E-state index contributed by atoms with van der Waals surface area (Å²) < 4.78 is 5.40. The molecule has 0 unspecified atom stereocenters. The number of halogens is 1. The van der Waals surface area contributed by atoms with Crippen molar-refractivity contribution in [1.82, 2.24) is 9.97 Å². The van der Waals surface area contributed by atoms with Gasteiger partial charge in [0.25, 0.3) is 0 Å². The Kier molecular flexibility index (Phi) is 3.86. The number of hydrogen-bond acceptors (Lipinski definition) is 4. The number of aromatic nitrogens is 2. The molecule has 0 spiro atoms. The predicted molar refractivity (Wildman–Crippen MR) is 90.3 cm³/mol. The monoisotopic (exact) mass is 313 g/mol. The minimum absolute atomic E-state index is 0.606. The molecule has 4 nitrogen and oxygen atoms in total. The summed E-state index contributed by atoms with van der Waals surface area (Å²) in [5.74, 6) is 0.829. The van der Waals surface area contributed by atoms with E-state index in [-0.39, 0.29) is 0 Å². The first-order chi connectivity index (χ1) is 10.6. The third kappa shape index (κ3) is 2.46. The molecule has 0 amide bonds. The highest BCUT2D eigenvalue weighted by atomic mass is 35.5. The summed E-state index contributed by atoms with van der Waals surface area (Å²) >= 11 is 6.37. The second-order valence-corrected chi connectivity index (χ2v) is 5.46. The zero-order valence-corrected chi connectivity index (χ0v) is 13.4. The first kappa shape index (κ1) is 14.6. The van der Waals surface area contributed by atoms with Crippen LogP contribution >= 0.6 is 11.6 Å². The van der Waals surface area contributed by atoms with Gasteiger partial charge in [0.05, 0.1) is 23.3 Å². The van der Waals surface area contributed by atoms with Crippen molar-refractivity contribution >= 4 is 34.0 Å². The van der Waals surface area contributed by atoms with Gasteiger partial charge in [-0.1, -0.05) is 17.7 Å². The van der Waals surface area contributed by atoms with E-state index in [2.05, 4.69) is 15.3 Å². The number of ether oxygens (including phenoxy) is 1. The van der Waals surface area contributed by atoms with E-state index < -0.39 is 0 Å². The number of anilines is 2. The summed E-state index contributed by atoms with van der Waals surface area (Å²) in [6, 6.07) is 7.66. The topological polar surface area (TPSA) is 47.0 Å². The van der Waals surface area contributed by atoms with Crippen LogP contribution in [0.1, 0.15) is 11.1 Å². The summed E-state index contributed by atoms with van der Waals surface area (Å²) in [4.78, 5) is 8.72. The van der Waals surface area contributed by atoms with Crippen molar-refractivity contribution in [2.24, 2.45) is 0 Å². The van der Waals surface area contributed by atoms with E-state index in [4.69, 9.17) is 16.3 Å². The van der Waals surface area contributed by atoms with Crippen molar-refractivity contribution in [2.45, 2.75) is 13.8 Å². The van der Waals surface area contributed by atoms with Crippen LogP contribution in [0.15, 0.2) is 36.7 Å². The molecule has 0 aliphatic heterocycles. The summed E-state index contributed by atoms with van der Waals surface area (Å²) in [5, 5.41) is 4.02. The lowest BCUT2D eigenvalue weighted by Crippen LogP contribution is -2.00. The fourth-order valence-electron chi connectivity index (χ4n) is 2.50. The van der Waals surface area contributed by atoms with Gasteiger partial charge in [-0.3, -0.25) is 9.97 Å². The molecule has 0 atom stereocenters. The Labute approximate surface area is 134 Å². The highest BCUT2D eigenvalue weighted by Gasteiger charge is 2.13. The van der Waals surface area contributed by atoms with E-state index >= 15 is 0 Å². The highest BCUT2D eigenvalue weighted by molar-refractivity contribution is 6.34. The van der Waals surface area contributed by atoms with E-state index in [1.165, 1.54) is 0 Å². The maximum absolute atomic E-state index is 6.37. The fraction of sp³-hybridized carbons (Fsp3) is 0.176. The maximum Gasteiger partial charge on any atom is 0.123 e. The molecule has 1 aromatic heterocycles. The molecule has 0 saturated heterocycles. The van der Waals surface area contributed by atoms with E-state index in [0.29, 0.717) is 5.02 Å². The molecular weight excluding hydrogens is 298 g/mol. The predicted octanol–water partition coefficient (Wildman–Crippen LogP) is 4.65. The Morgan fingerprint density at radius 2 is 1.77 bits per heavy atom. The lowest BCUT2D eigenvalue weighted by molar-refractivity contribution is 0.412. The van der Waals surface area contributed by atoms with Crippen LogP contribution in [-0.4, -0.2) is 17.1 Å². The Balaban J connectivity index is 2.17. The molecule has 0 radical (unpaired) electrons. The van der Waals surface area contributed by atoms with Crippen LogP contribution in [0.3, 0.4) is 0 Å². The molecule has 2 aromatic carbocycles. The van der Waals surface area contributed by atoms with Gasteiger partial charge < -0.3 is 10.1 Å². The minimum Gasteiger partial charge on any atom is -0.496 e. The fourth-order valence-corrected chi connectivity index (χ4v) is 2.70. The van der Waals surface area contributed by atoms with Crippen LogP contribution in [0, 0.1) is 13.8 Å². The van der Waals surface area contributed by atoms with Crippen molar-refractivity contribution in [3.8, 4) is 5.75 Å². The molecule has 0 aliphatic rings. The van der Waals surface area contributed by atoms with Crippen molar-refractivity contribution in [3.05, 3.63) is 52.8 Å². The second-order valence-electron chi connectivity index (χ2n) is 5.06. The van der Waals surface area contributed by atoms with E-state index in [0.717, 1.165) is 39.3 Å². The van der Waals surface area contributed by atoms with Gasteiger partial charge in [-0.2, -0.15) is 0 Å². The van der Waals surface area contributed by atoms with Crippen LogP contribution in [-0.2, 0) is 0 Å². The molecular formula is C17H16ClN3O. The van der Waals surface area contributed by atoms with Gasteiger partial charge in [-0.15, -0.1) is 0 Å². The van der Waals surface area contributed by atoms with Gasteiger partial charge in [0, 0.05) is 23.6 Å². The quantitative estimate of drug-likeness (QED) is 0.764. The Morgan fingerprint density at radius 3 is 2.55 bits per heavy atom. The van der Waals surface area contributed by atoms with E-state index in [9.17, 15) is 0 Å². The number of nitrogens with one attached hydrogen (secondary N) is 1. The molecule has 0 bridgehead atoms. The van der Waals surface area contributed by atoms with Gasteiger partial charge in [0.2, 0.25) is 0 Å². The summed E-state index contributed by atoms with van der Waals surface area (Å²) in [7, 11) is 1.66. The number of methoxy groups -OCH3 is 1. The second kappa shape index (κ2) is 5.81.